The molecule has 74 valence electrons. The molecule has 2 bridgehead atoms. The molecular weight excluding hydrogens is 186 g/mol. The zero-order valence-electron chi connectivity index (χ0n) is 7.49. The van der Waals surface area contributed by atoms with Gasteiger partial charge in [-0.15, -0.1) is 0 Å². The molecule has 5 aliphatic rings. The van der Waals surface area contributed by atoms with E-state index in [-0.39, 0.29) is 29.5 Å². The average Bonchev–Trinajstić information content (AvgIpc) is 2.52. The highest BCUT2D eigenvalue weighted by molar-refractivity contribution is 5.91. The summed E-state index contributed by atoms with van der Waals surface area (Å²) in [6, 6.07) is 0. The quantitative estimate of drug-likeness (QED) is 0.575. The summed E-state index contributed by atoms with van der Waals surface area (Å²) in [5, 5.41) is 0. The lowest BCUT2D eigenvalue weighted by molar-refractivity contribution is -0.174. The third-order valence-electron chi connectivity index (χ3n) is 6.05. The van der Waals surface area contributed by atoms with Gasteiger partial charge in [-0.25, -0.2) is 8.78 Å². The van der Waals surface area contributed by atoms with Crippen LogP contribution in [0.25, 0.3) is 0 Å². The van der Waals surface area contributed by atoms with Crippen LogP contribution in [0.15, 0.2) is 0 Å². The number of alkyl halides is 2. The first-order valence-corrected chi connectivity index (χ1v) is 5.55. The van der Waals surface area contributed by atoms with Crippen LogP contribution >= 0.6 is 0 Å². The van der Waals surface area contributed by atoms with Gasteiger partial charge in [0.05, 0.1) is 0 Å². The minimum absolute atomic E-state index is 0.214. The van der Waals surface area contributed by atoms with Crippen molar-refractivity contribution in [2.75, 3.05) is 0 Å². The molecule has 0 aromatic rings. The Morgan fingerprint density at radius 1 is 1.07 bits per heavy atom. The first kappa shape index (κ1) is 6.91. The Balaban J connectivity index is 1.87. The molecular formula is C11H10F2O. The average molecular weight is 196 g/mol. The van der Waals surface area contributed by atoms with Gasteiger partial charge in [0.2, 0.25) is 0 Å². The Morgan fingerprint density at radius 2 is 1.86 bits per heavy atom. The molecule has 0 aromatic heterocycles. The second kappa shape index (κ2) is 1.48. The van der Waals surface area contributed by atoms with Crippen LogP contribution in [0.4, 0.5) is 8.78 Å². The number of ketones is 1. The van der Waals surface area contributed by atoms with Crippen LogP contribution in [0.3, 0.4) is 0 Å². The van der Waals surface area contributed by atoms with Gasteiger partial charge in [0.25, 0.3) is 5.92 Å². The van der Waals surface area contributed by atoms with Gasteiger partial charge in [-0.3, -0.25) is 4.79 Å². The number of rotatable bonds is 0. The summed E-state index contributed by atoms with van der Waals surface area (Å²) in [5.74, 6) is -2.54. The number of hydrogen-bond donors (Lipinski definition) is 0. The first-order chi connectivity index (χ1) is 6.64. The lowest BCUT2D eigenvalue weighted by Gasteiger charge is -2.45. The van der Waals surface area contributed by atoms with Crippen LogP contribution in [0.5, 0.6) is 0 Å². The lowest BCUT2D eigenvalue weighted by atomic mass is 9.59. The summed E-state index contributed by atoms with van der Waals surface area (Å²) >= 11 is 0. The molecule has 5 fully saturated rings. The lowest BCUT2D eigenvalue weighted by Crippen LogP contribution is -2.53. The molecule has 1 nitrogen and oxygen atoms in total. The van der Waals surface area contributed by atoms with E-state index in [1.807, 2.05) is 0 Å². The van der Waals surface area contributed by atoms with Crippen molar-refractivity contribution in [2.45, 2.75) is 12.3 Å². The van der Waals surface area contributed by atoms with Gasteiger partial charge in [0.1, 0.15) is 5.78 Å². The molecule has 5 rings (SSSR count). The van der Waals surface area contributed by atoms with Gasteiger partial charge in [-0.05, 0) is 30.1 Å². The summed E-state index contributed by atoms with van der Waals surface area (Å²) in [6.45, 7) is 0. The third kappa shape index (κ3) is 0.361. The molecule has 0 heterocycles. The predicted molar refractivity (Wildman–Crippen MR) is 42.5 cm³/mol. The molecule has 8 atom stereocenters. The van der Waals surface area contributed by atoms with Crippen LogP contribution in [0, 0.1) is 47.3 Å². The zero-order valence-corrected chi connectivity index (χ0v) is 7.49. The number of fused-ring (bicyclic) bond motifs is 2. The number of carbonyl (C=O) groups is 1. The summed E-state index contributed by atoms with van der Waals surface area (Å²) in [7, 11) is 0. The summed E-state index contributed by atoms with van der Waals surface area (Å²) in [6.07, 6.45) is 0.943. The fourth-order valence-electron chi connectivity index (χ4n) is 6.07. The summed E-state index contributed by atoms with van der Waals surface area (Å²) in [4.78, 5) is 11.9. The maximum absolute atomic E-state index is 13.9. The van der Waals surface area contributed by atoms with Crippen LogP contribution in [-0.2, 0) is 4.79 Å². The molecule has 0 N–H and O–H groups in total. The van der Waals surface area contributed by atoms with Gasteiger partial charge in [0.15, 0.2) is 0 Å². The fraction of sp³-hybridized carbons (Fsp3) is 0.909. The molecule has 5 aliphatic carbocycles. The van der Waals surface area contributed by atoms with Gasteiger partial charge in [0, 0.05) is 23.7 Å². The zero-order chi connectivity index (χ0) is 9.40. The smallest absolute Gasteiger partial charge is 0.255 e. The second-order valence-corrected chi connectivity index (χ2v) is 5.90. The van der Waals surface area contributed by atoms with Gasteiger partial charge < -0.3 is 0 Å². The molecule has 14 heavy (non-hydrogen) atoms. The van der Waals surface area contributed by atoms with Crippen molar-refractivity contribution in [2.24, 2.45) is 47.3 Å². The highest BCUT2D eigenvalue weighted by Crippen LogP contribution is 2.85. The molecule has 0 amide bonds. The Morgan fingerprint density at radius 3 is 2.64 bits per heavy atom. The number of carbonyl (C=O) groups excluding carboxylic acids is 1. The van der Waals surface area contributed by atoms with Crippen molar-refractivity contribution in [1.29, 1.82) is 0 Å². The van der Waals surface area contributed by atoms with Gasteiger partial charge in [-0.1, -0.05) is 0 Å². The highest BCUT2D eigenvalue weighted by atomic mass is 19.3. The maximum atomic E-state index is 13.9. The van der Waals surface area contributed by atoms with Crippen molar-refractivity contribution in [3.05, 3.63) is 0 Å². The topological polar surface area (TPSA) is 17.1 Å². The van der Waals surface area contributed by atoms with Crippen molar-refractivity contribution in [3.8, 4) is 0 Å². The van der Waals surface area contributed by atoms with E-state index in [0.717, 1.165) is 6.42 Å². The molecule has 0 aliphatic heterocycles. The van der Waals surface area contributed by atoms with Crippen molar-refractivity contribution < 1.29 is 13.6 Å². The number of halogens is 2. The van der Waals surface area contributed by atoms with E-state index in [1.165, 1.54) is 0 Å². The van der Waals surface area contributed by atoms with Crippen molar-refractivity contribution >= 4 is 5.78 Å². The van der Waals surface area contributed by atoms with E-state index in [2.05, 4.69) is 0 Å². The molecule has 3 heteroatoms. The summed E-state index contributed by atoms with van der Waals surface area (Å²) < 4.78 is 27.8. The van der Waals surface area contributed by atoms with Crippen molar-refractivity contribution in [3.63, 3.8) is 0 Å². The van der Waals surface area contributed by atoms with Gasteiger partial charge >= 0.3 is 0 Å². The molecule has 0 radical (unpaired) electrons. The summed E-state index contributed by atoms with van der Waals surface area (Å²) in [5.41, 5.74) is 0. The number of hydrogen-bond acceptors (Lipinski definition) is 1. The third-order valence-corrected chi connectivity index (χ3v) is 6.05. The van der Waals surface area contributed by atoms with Gasteiger partial charge in [-0.2, -0.15) is 0 Å². The Hall–Kier alpha value is -0.470. The van der Waals surface area contributed by atoms with E-state index in [4.69, 9.17) is 0 Å². The van der Waals surface area contributed by atoms with E-state index in [0.29, 0.717) is 11.8 Å². The largest absolute Gasteiger partial charge is 0.299 e. The molecule has 0 aromatic carbocycles. The monoisotopic (exact) mass is 196 g/mol. The standard InChI is InChI=1S/C11H10F2O/c12-11(13)8-3-1-2-4-5(3)9(11)7(4)10(14)6(2)8/h2-9H,1H2/t2-,3-,4+,5+,6+,7+,8-,9+/m0/s1. The van der Waals surface area contributed by atoms with E-state index in [9.17, 15) is 13.6 Å². The Labute approximate surface area is 79.9 Å². The van der Waals surface area contributed by atoms with Crippen LogP contribution in [-0.4, -0.2) is 11.7 Å². The molecule has 0 unspecified atom stereocenters. The first-order valence-electron chi connectivity index (χ1n) is 5.55. The minimum atomic E-state index is -2.49. The minimum Gasteiger partial charge on any atom is -0.299 e. The molecule has 0 spiro atoms. The second-order valence-electron chi connectivity index (χ2n) is 5.90. The number of Topliss-reactive ketones (excluding diaryl/α,β-unsaturated/α-hetero) is 1. The predicted octanol–water partition coefficient (Wildman–Crippen LogP) is 1.58. The van der Waals surface area contributed by atoms with Crippen LogP contribution in [0.1, 0.15) is 6.42 Å². The Bertz CT molecular complexity index is 391. The molecule has 5 saturated carbocycles. The van der Waals surface area contributed by atoms with Crippen molar-refractivity contribution in [1.82, 2.24) is 0 Å². The maximum Gasteiger partial charge on any atom is 0.255 e. The molecule has 0 saturated heterocycles. The van der Waals surface area contributed by atoms with E-state index in [1.54, 1.807) is 0 Å². The fourth-order valence-corrected chi connectivity index (χ4v) is 6.07. The highest BCUT2D eigenvalue weighted by Gasteiger charge is 2.89. The van der Waals surface area contributed by atoms with E-state index >= 15 is 0 Å². The van der Waals surface area contributed by atoms with Crippen LogP contribution < -0.4 is 0 Å². The van der Waals surface area contributed by atoms with E-state index < -0.39 is 17.8 Å². The normalized spacial score (nSPS) is 73.4. The SMILES string of the molecule is O=C1[C@@H]2[C@H]3C[C@H]4[C@@H]5[C@@H]3[C@@H]1[C@@H]5C(F)(F)[C@@H]42. The van der Waals surface area contributed by atoms with Crippen LogP contribution in [0.2, 0.25) is 0 Å². The Kier molecular flexibility index (Phi) is 0.732.